The number of carbonyl (C=O) groups excluding carboxylic acids is 1. The number of carboxylic acids is 1. The molecule has 1 aromatic rings. The minimum absolute atomic E-state index is 0.0451. The Morgan fingerprint density at radius 1 is 1.22 bits per heavy atom. The van der Waals surface area contributed by atoms with E-state index >= 15 is 0 Å². The molecule has 0 radical (unpaired) electrons. The highest BCUT2D eigenvalue weighted by molar-refractivity contribution is 6.02. The van der Waals surface area contributed by atoms with Crippen LogP contribution in [0.1, 0.15) is 26.3 Å². The van der Waals surface area contributed by atoms with Gasteiger partial charge < -0.3 is 9.84 Å². The van der Waals surface area contributed by atoms with Gasteiger partial charge >= 0.3 is 11.9 Å². The molecule has 4 heteroatoms. The van der Waals surface area contributed by atoms with Gasteiger partial charge in [0.05, 0.1) is 11.1 Å². The fraction of sp³-hybridized carbons (Fsp3) is 0.143. The number of benzene rings is 1. The van der Waals surface area contributed by atoms with Crippen LogP contribution in [0.15, 0.2) is 43.5 Å². The Balaban J connectivity index is 3.13. The molecule has 0 fully saturated rings. The number of hydrogen-bond acceptors (Lipinski definition) is 3. The van der Waals surface area contributed by atoms with Gasteiger partial charge in [-0.25, -0.2) is 9.59 Å². The number of carboxylic acid groups (broad SMARTS) is 1. The monoisotopic (exact) mass is 246 g/mol. The molecular formula is C14H14O4. The van der Waals surface area contributed by atoms with Gasteiger partial charge in [0.25, 0.3) is 0 Å². The van der Waals surface area contributed by atoms with Gasteiger partial charge in [0.15, 0.2) is 0 Å². The third-order valence-electron chi connectivity index (χ3n) is 2.25. The number of aromatic carboxylic acids is 1. The molecule has 1 aromatic carbocycles. The molecule has 18 heavy (non-hydrogen) atoms. The smallest absolute Gasteiger partial charge is 0.339 e. The molecule has 0 amide bonds. The number of hydrogen-bond donors (Lipinski definition) is 1. The summed E-state index contributed by atoms with van der Waals surface area (Å²) in [7, 11) is 0. The molecular weight excluding hydrogens is 232 g/mol. The van der Waals surface area contributed by atoms with Crippen molar-refractivity contribution < 1.29 is 19.4 Å². The Kier molecular flexibility index (Phi) is 4.87. The van der Waals surface area contributed by atoms with Crippen molar-refractivity contribution in [2.45, 2.75) is 6.42 Å². The summed E-state index contributed by atoms with van der Waals surface area (Å²) in [5.41, 5.74) is 0.779. The van der Waals surface area contributed by atoms with E-state index in [-0.39, 0.29) is 17.7 Å². The van der Waals surface area contributed by atoms with E-state index < -0.39 is 11.9 Å². The zero-order valence-corrected chi connectivity index (χ0v) is 9.89. The lowest BCUT2D eigenvalue weighted by atomic mass is 10.0. The van der Waals surface area contributed by atoms with Gasteiger partial charge in [-0.2, -0.15) is 0 Å². The van der Waals surface area contributed by atoms with E-state index in [1.165, 1.54) is 18.2 Å². The standard InChI is InChI=1S/C14H14O4/c1-3-5-10-6-7-11(13(15)16)12(9-10)14(17)18-8-4-2/h3-4,6-7,9H,1-2,5,8H2,(H,15,16). The predicted molar refractivity (Wildman–Crippen MR) is 67.8 cm³/mol. The Morgan fingerprint density at radius 2 is 1.94 bits per heavy atom. The van der Waals surface area contributed by atoms with Crippen LogP contribution in [0, 0.1) is 0 Å². The SMILES string of the molecule is C=CCOC(=O)c1cc(CC=C)ccc1C(=O)O. The van der Waals surface area contributed by atoms with Gasteiger partial charge in [0.1, 0.15) is 6.61 Å². The first-order valence-corrected chi connectivity index (χ1v) is 5.35. The van der Waals surface area contributed by atoms with E-state index in [1.54, 1.807) is 12.1 Å². The quantitative estimate of drug-likeness (QED) is 0.618. The van der Waals surface area contributed by atoms with Crippen molar-refractivity contribution in [3.8, 4) is 0 Å². The normalized spacial score (nSPS) is 9.56. The van der Waals surface area contributed by atoms with Crippen LogP contribution in [0.2, 0.25) is 0 Å². The highest BCUT2D eigenvalue weighted by atomic mass is 16.5. The molecule has 1 N–H and O–H groups in total. The van der Waals surface area contributed by atoms with Crippen molar-refractivity contribution in [2.24, 2.45) is 0 Å². The second kappa shape index (κ2) is 6.39. The van der Waals surface area contributed by atoms with Crippen LogP contribution >= 0.6 is 0 Å². The second-order valence-electron chi connectivity index (χ2n) is 3.57. The fourth-order valence-electron chi connectivity index (χ4n) is 1.45. The van der Waals surface area contributed by atoms with Crippen LogP contribution in [0.5, 0.6) is 0 Å². The van der Waals surface area contributed by atoms with Crippen molar-refractivity contribution in [1.82, 2.24) is 0 Å². The van der Waals surface area contributed by atoms with Crippen LogP contribution in [0.25, 0.3) is 0 Å². The molecule has 1 rings (SSSR count). The molecule has 94 valence electrons. The average Bonchev–Trinajstić information content (AvgIpc) is 2.36. The second-order valence-corrected chi connectivity index (χ2v) is 3.57. The summed E-state index contributed by atoms with van der Waals surface area (Å²) in [6.07, 6.45) is 3.65. The Labute approximate surface area is 105 Å². The van der Waals surface area contributed by atoms with E-state index in [4.69, 9.17) is 9.84 Å². The van der Waals surface area contributed by atoms with Crippen LogP contribution in [-0.4, -0.2) is 23.7 Å². The highest BCUT2D eigenvalue weighted by Crippen LogP contribution is 2.14. The molecule has 0 aromatic heterocycles. The van der Waals surface area contributed by atoms with Crippen molar-refractivity contribution in [2.75, 3.05) is 6.61 Å². The zero-order chi connectivity index (χ0) is 13.5. The van der Waals surface area contributed by atoms with Gasteiger partial charge in [-0.15, -0.1) is 6.58 Å². The average molecular weight is 246 g/mol. The third kappa shape index (κ3) is 3.31. The number of esters is 1. The van der Waals surface area contributed by atoms with Crippen LogP contribution < -0.4 is 0 Å². The van der Waals surface area contributed by atoms with Crippen LogP contribution in [0.3, 0.4) is 0 Å². The van der Waals surface area contributed by atoms with Gasteiger partial charge in [-0.05, 0) is 24.1 Å². The zero-order valence-electron chi connectivity index (χ0n) is 9.89. The maximum atomic E-state index is 11.7. The number of carbonyl (C=O) groups is 2. The molecule has 0 unspecified atom stereocenters. The van der Waals surface area contributed by atoms with Gasteiger partial charge in [0.2, 0.25) is 0 Å². The number of ether oxygens (including phenoxy) is 1. The first kappa shape index (κ1) is 13.7. The predicted octanol–water partition coefficient (Wildman–Crippen LogP) is 2.46. The van der Waals surface area contributed by atoms with E-state index in [1.807, 2.05) is 0 Å². The summed E-state index contributed by atoms with van der Waals surface area (Å²) < 4.78 is 4.86. The van der Waals surface area contributed by atoms with Crippen molar-refractivity contribution in [1.29, 1.82) is 0 Å². The molecule has 0 aliphatic carbocycles. The molecule has 0 aliphatic heterocycles. The molecule has 0 aliphatic rings. The maximum absolute atomic E-state index is 11.7. The van der Waals surface area contributed by atoms with Crippen molar-refractivity contribution >= 4 is 11.9 Å². The highest BCUT2D eigenvalue weighted by Gasteiger charge is 2.17. The third-order valence-corrected chi connectivity index (χ3v) is 2.25. The summed E-state index contributed by atoms with van der Waals surface area (Å²) in [6, 6.07) is 4.55. The minimum Gasteiger partial charge on any atom is -0.478 e. The van der Waals surface area contributed by atoms with Crippen molar-refractivity contribution in [3.63, 3.8) is 0 Å². The molecule has 0 atom stereocenters. The summed E-state index contributed by atoms with van der Waals surface area (Å²) >= 11 is 0. The topological polar surface area (TPSA) is 63.6 Å². The van der Waals surface area contributed by atoms with E-state index in [0.29, 0.717) is 6.42 Å². The Bertz CT molecular complexity index is 489. The Morgan fingerprint density at radius 3 is 2.50 bits per heavy atom. The van der Waals surface area contributed by atoms with Gasteiger partial charge in [0, 0.05) is 0 Å². The van der Waals surface area contributed by atoms with E-state index in [2.05, 4.69) is 13.2 Å². The Hall–Kier alpha value is -2.36. The lowest BCUT2D eigenvalue weighted by Gasteiger charge is -2.07. The summed E-state index contributed by atoms with van der Waals surface area (Å²) in [5, 5.41) is 9.01. The van der Waals surface area contributed by atoms with Crippen LogP contribution in [0.4, 0.5) is 0 Å². The fourth-order valence-corrected chi connectivity index (χ4v) is 1.45. The first-order chi connectivity index (χ1) is 8.60. The number of allylic oxidation sites excluding steroid dienone is 1. The minimum atomic E-state index is -1.16. The molecule has 0 saturated carbocycles. The first-order valence-electron chi connectivity index (χ1n) is 5.35. The summed E-state index contributed by atoms with van der Waals surface area (Å²) in [6.45, 7) is 7.06. The summed E-state index contributed by atoms with van der Waals surface area (Å²) in [5.74, 6) is -1.83. The van der Waals surface area contributed by atoms with Crippen molar-refractivity contribution in [3.05, 3.63) is 60.2 Å². The van der Waals surface area contributed by atoms with E-state index in [0.717, 1.165) is 5.56 Å². The lowest BCUT2D eigenvalue weighted by Crippen LogP contribution is -2.12. The molecule has 0 heterocycles. The van der Waals surface area contributed by atoms with E-state index in [9.17, 15) is 9.59 Å². The maximum Gasteiger partial charge on any atom is 0.339 e. The van der Waals surface area contributed by atoms with Gasteiger partial charge in [-0.1, -0.05) is 24.8 Å². The molecule has 0 saturated heterocycles. The molecule has 0 bridgehead atoms. The lowest BCUT2D eigenvalue weighted by molar-refractivity contribution is 0.0536. The van der Waals surface area contributed by atoms with Gasteiger partial charge in [-0.3, -0.25) is 0 Å². The summed E-state index contributed by atoms with van der Waals surface area (Å²) in [4.78, 5) is 22.7. The molecule has 0 spiro atoms. The number of rotatable bonds is 6. The van der Waals surface area contributed by atoms with Crippen LogP contribution in [-0.2, 0) is 11.2 Å². The largest absolute Gasteiger partial charge is 0.478 e. The molecule has 4 nitrogen and oxygen atoms in total.